The third-order valence-corrected chi connectivity index (χ3v) is 4.23. The largest absolute Gasteiger partial charge is 0.361 e. The molecule has 21 heavy (non-hydrogen) atoms. The highest BCUT2D eigenvalue weighted by Crippen LogP contribution is 2.36. The van der Waals surface area contributed by atoms with E-state index in [1.54, 1.807) is 0 Å². The molecule has 1 amide bonds. The minimum Gasteiger partial charge on any atom is -0.361 e. The third kappa shape index (κ3) is 2.46. The molecule has 1 aliphatic heterocycles. The summed E-state index contributed by atoms with van der Waals surface area (Å²) in [5.41, 5.74) is 3.88. The summed E-state index contributed by atoms with van der Waals surface area (Å²) >= 11 is 0. The van der Waals surface area contributed by atoms with E-state index in [1.807, 2.05) is 49.9 Å². The standard InChI is InChI=1S/C17H20N2O2/c1-11-6-8-14(9-7-11)17(20)19-10-4-5-15(19)16-12(2)18-21-13(16)3/h6-9,15H,4-5,10H2,1-3H3/t15-/m0/s1. The Morgan fingerprint density at radius 1 is 1.24 bits per heavy atom. The van der Waals surface area contributed by atoms with Crippen LogP contribution in [0.25, 0.3) is 0 Å². The Bertz CT molecular complexity index is 638. The highest BCUT2D eigenvalue weighted by Gasteiger charge is 2.34. The molecule has 4 heteroatoms. The normalized spacial score (nSPS) is 18.2. The van der Waals surface area contributed by atoms with E-state index in [9.17, 15) is 4.79 Å². The van der Waals surface area contributed by atoms with Crippen molar-refractivity contribution in [3.63, 3.8) is 0 Å². The predicted octanol–water partition coefficient (Wildman–Crippen LogP) is 3.58. The van der Waals surface area contributed by atoms with Gasteiger partial charge in [0.2, 0.25) is 0 Å². The lowest BCUT2D eigenvalue weighted by Crippen LogP contribution is -2.31. The van der Waals surface area contributed by atoms with E-state index in [-0.39, 0.29) is 11.9 Å². The predicted molar refractivity (Wildman–Crippen MR) is 80.2 cm³/mol. The first kappa shape index (κ1) is 13.9. The second-order valence-corrected chi connectivity index (χ2v) is 5.76. The van der Waals surface area contributed by atoms with Gasteiger partial charge in [-0.25, -0.2) is 0 Å². The van der Waals surface area contributed by atoms with Gasteiger partial charge in [-0.2, -0.15) is 0 Å². The lowest BCUT2D eigenvalue weighted by Gasteiger charge is -2.25. The zero-order valence-electron chi connectivity index (χ0n) is 12.7. The van der Waals surface area contributed by atoms with Crippen LogP contribution in [0.1, 0.15) is 51.8 Å². The zero-order chi connectivity index (χ0) is 15.0. The minimum absolute atomic E-state index is 0.0880. The number of likely N-dealkylation sites (tertiary alicyclic amines) is 1. The molecular formula is C17H20N2O2. The van der Waals surface area contributed by atoms with Gasteiger partial charge in [-0.05, 0) is 45.7 Å². The van der Waals surface area contributed by atoms with Crippen LogP contribution in [0.2, 0.25) is 0 Å². The number of amides is 1. The van der Waals surface area contributed by atoms with E-state index in [1.165, 1.54) is 0 Å². The third-order valence-electron chi connectivity index (χ3n) is 4.23. The monoisotopic (exact) mass is 284 g/mol. The maximum Gasteiger partial charge on any atom is 0.254 e. The van der Waals surface area contributed by atoms with Gasteiger partial charge in [0.05, 0.1) is 11.7 Å². The summed E-state index contributed by atoms with van der Waals surface area (Å²) < 4.78 is 5.27. The fraction of sp³-hybridized carbons (Fsp3) is 0.412. The number of aryl methyl sites for hydroxylation is 3. The Hall–Kier alpha value is -2.10. The fourth-order valence-corrected chi connectivity index (χ4v) is 3.14. The number of nitrogens with zero attached hydrogens (tertiary/aromatic N) is 2. The lowest BCUT2D eigenvalue weighted by molar-refractivity contribution is 0.0734. The molecule has 0 unspecified atom stereocenters. The molecule has 1 saturated heterocycles. The van der Waals surface area contributed by atoms with Crippen LogP contribution in [-0.4, -0.2) is 22.5 Å². The SMILES string of the molecule is Cc1ccc(C(=O)N2CCC[C@H]2c2c(C)noc2C)cc1. The summed E-state index contributed by atoms with van der Waals surface area (Å²) in [7, 11) is 0. The number of aromatic nitrogens is 1. The molecule has 0 saturated carbocycles. The summed E-state index contributed by atoms with van der Waals surface area (Å²) in [5, 5.41) is 4.03. The number of rotatable bonds is 2. The highest BCUT2D eigenvalue weighted by molar-refractivity contribution is 5.94. The van der Waals surface area contributed by atoms with Gasteiger partial charge in [-0.1, -0.05) is 22.9 Å². The molecule has 1 aromatic heterocycles. The van der Waals surface area contributed by atoms with E-state index >= 15 is 0 Å². The highest BCUT2D eigenvalue weighted by atomic mass is 16.5. The second kappa shape index (κ2) is 5.35. The van der Waals surface area contributed by atoms with Gasteiger partial charge in [0.25, 0.3) is 5.91 Å². The van der Waals surface area contributed by atoms with Crippen molar-refractivity contribution in [3.05, 3.63) is 52.4 Å². The number of carbonyl (C=O) groups is 1. The summed E-state index contributed by atoms with van der Waals surface area (Å²) in [6.45, 7) is 6.68. The summed E-state index contributed by atoms with van der Waals surface area (Å²) in [6, 6.07) is 7.86. The van der Waals surface area contributed by atoms with Crippen LogP contribution in [-0.2, 0) is 0 Å². The van der Waals surface area contributed by atoms with E-state index in [0.717, 1.165) is 47.5 Å². The molecule has 0 N–H and O–H groups in total. The molecule has 0 bridgehead atoms. The molecule has 0 aliphatic carbocycles. The molecule has 0 radical (unpaired) electrons. The number of carbonyl (C=O) groups excluding carboxylic acids is 1. The van der Waals surface area contributed by atoms with Crippen molar-refractivity contribution in [1.82, 2.24) is 10.1 Å². The van der Waals surface area contributed by atoms with Gasteiger partial charge in [0.1, 0.15) is 5.76 Å². The molecule has 2 heterocycles. The first-order valence-corrected chi connectivity index (χ1v) is 7.38. The maximum absolute atomic E-state index is 12.8. The van der Waals surface area contributed by atoms with Gasteiger partial charge in [-0.15, -0.1) is 0 Å². The Morgan fingerprint density at radius 3 is 2.57 bits per heavy atom. The molecular weight excluding hydrogens is 264 g/mol. The van der Waals surface area contributed by atoms with Gasteiger partial charge in [0.15, 0.2) is 0 Å². The van der Waals surface area contributed by atoms with E-state index in [2.05, 4.69) is 5.16 Å². The van der Waals surface area contributed by atoms with Crippen molar-refractivity contribution in [2.75, 3.05) is 6.54 Å². The molecule has 1 aliphatic rings. The lowest BCUT2D eigenvalue weighted by atomic mass is 10.0. The molecule has 4 nitrogen and oxygen atoms in total. The maximum atomic E-state index is 12.8. The average Bonchev–Trinajstić information content (AvgIpc) is 3.06. The quantitative estimate of drug-likeness (QED) is 0.846. The Morgan fingerprint density at radius 2 is 1.95 bits per heavy atom. The molecule has 1 fully saturated rings. The Balaban J connectivity index is 1.90. The average molecular weight is 284 g/mol. The van der Waals surface area contributed by atoms with E-state index < -0.39 is 0 Å². The Labute approximate surface area is 124 Å². The van der Waals surface area contributed by atoms with E-state index in [0.29, 0.717) is 0 Å². The van der Waals surface area contributed by atoms with Crippen molar-refractivity contribution in [1.29, 1.82) is 0 Å². The molecule has 110 valence electrons. The van der Waals surface area contributed by atoms with Crippen LogP contribution in [0.15, 0.2) is 28.8 Å². The smallest absolute Gasteiger partial charge is 0.254 e. The van der Waals surface area contributed by atoms with Crippen molar-refractivity contribution < 1.29 is 9.32 Å². The summed E-state index contributed by atoms with van der Waals surface area (Å²) in [5.74, 6) is 0.915. The molecule has 2 aromatic rings. The van der Waals surface area contributed by atoms with Gasteiger partial charge in [0, 0.05) is 17.7 Å². The van der Waals surface area contributed by atoms with E-state index in [4.69, 9.17) is 4.52 Å². The van der Waals surface area contributed by atoms with Crippen LogP contribution in [0.5, 0.6) is 0 Å². The van der Waals surface area contributed by atoms with Crippen LogP contribution in [0.3, 0.4) is 0 Å². The van der Waals surface area contributed by atoms with Crippen molar-refractivity contribution in [2.24, 2.45) is 0 Å². The fourth-order valence-electron chi connectivity index (χ4n) is 3.14. The van der Waals surface area contributed by atoms with Crippen LogP contribution >= 0.6 is 0 Å². The van der Waals surface area contributed by atoms with Crippen LogP contribution in [0.4, 0.5) is 0 Å². The van der Waals surface area contributed by atoms with Crippen molar-refractivity contribution in [3.8, 4) is 0 Å². The molecule has 0 spiro atoms. The van der Waals surface area contributed by atoms with Crippen LogP contribution < -0.4 is 0 Å². The summed E-state index contributed by atoms with van der Waals surface area (Å²) in [6.07, 6.45) is 1.99. The summed E-state index contributed by atoms with van der Waals surface area (Å²) in [4.78, 5) is 14.7. The van der Waals surface area contributed by atoms with Crippen LogP contribution in [0, 0.1) is 20.8 Å². The Kier molecular flexibility index (Phi) is 3.53. The van der Waals surface area contributed by atoms with Crippen molar-refractivity contribution >= 4 is 5.91 Å². The van der Waals surface area contributed by atoms with Crippen molar-refractivity contribution in [2.45, 2.75) is 39.7 Å². The number of hydrogen-bond acceptors (Lipinski definition) is 3. The number of hydrogen-bond donors (Lipinski definition) is 0. The zero-order valence-corrected chi connectivity index (χ0v) is 12.7. The van der Waals surface area contributed by atoms with Gasteiger partial charge >= 0.3 is 0 Å². The van der Waals surface area contributed by atoms with Gasteiger partial charge < -0.3 is 9.42 Å². The second-order valence-electron chi connectivity index (χ2n) is 5.76. The molecule has 1 aromatic carbocycles. The minimum atomic E-state index is 0.0880. The first-order valence-electron chi connectivity index (χ1n) is 7.38. The first-order chi connectivity index (χ1) is 10.1. The number of benzene rings is 1. The molecule has 3 rings (SSSR count). The molecule has 1 atom stereocenters. The van der Waals surface area contributed by atoms with Gasteiger partial charge in [-0.3, -0.25) is 4.79 Å². The topological polar surface area (TPSA) is 46.3 Å².